The van der Waals surface area contributed by atoms with Crippen LogP contribution < -0.4 is 0 Å². The molecule has 0 aliphatic rings. The lowest BCUT2D eigenvalue weighted by Crippen LogP contribution is -2.21. The Balaban J connectivity index is 2.45. The van der Waals surface area contributed by atoms with Gasteiger partial charge in [0.1, 0.15) is 6.10 Å². The van der Waals surface area contributed by atoms with Crippen LogP contribution in [0.3, 0.4) is 0 Å². The van der Waals surface area contributed by atoms with Crippen LogP contribution in [0.1, 0.15) is 24.2 Å². The van der Waals surface area contributed by atoms with Gasteiger partial charge in [-0.1, -0.05) is 18.2 Å². The van der Waals surface area contributed by atoms with Gasteiger partial charge in [0.05, 0.1) is 0 Å². The number of ether oxygens (including phenoxy) is 1. The Kier molecular flexibility index (Phi) is 3.49. The molecule has 88 valence electrons. The lowest BCUT2D eigenvalue weighted by molar-refractivity contribution is 0.0522. The highest BCUT2D eigenvalue weighted by Crippen LogP contribution is 2.19. The van der Waals surface area contributed by atoms with Crippen LogP contribution in [0.25, 0.3) is 10.8 Å². The fourth-order valence-electron chi connectivity index (χ4n) is 1.87. The van der Waals surface area contributed by atoms with Crippen LogP contribution in [-0.2, 0) is 4.74 Å². The number of benzene rings is 1. The Morgan fingerprint density at radius 3 is 3.00 bits per heavy atom. The molecule has 3 heteroatoms. The summed E-state index contributed by atoms with van der Waals surface area (Å²) in [4.78, 5) is 16.3. The van der Waals surface area contributed by atoms with Crippen molar-refractivity contribution in [3.05, 3.63) is 42.2 Å². The molecule has 0 radical (unpaired) electrons. The molecule has 0 aliphatic heterocycles. The molecule has 1 aromatic carbocycles. The number of rotatable bonds is 4. The average Bonchev–Trinajstić information content (AvgIpc) is 2.37. The largest absolute Gasteiger partial charge is 0.371 e. The molecule has 0 aliphatic carbocycles. The summed E-state index contributed by atoms with van der Waals surface area (Å²) in [6, 6.07) is 7.58. The first kappa shape index (κ1) is 11.7. The molecule has 1 heterocycles. The van der Waals surface area contributed by atoms with Gasteiger partial charge in [0, 0.05) is 30.0 Å². The summed E-state index contributed by atoms with van der Waals surface area (Å²) < 4.78 is 5.34. The molecule has 0 spiro atoms. The van der Waals surface area contributed by atoms with Gasteiger partial charge in [-0.25, -0.2) is 0 Å². The summed E-state index contributed by atoms with van der Waals surface area (Å²) in [5, 5.41) is 1.90. The molecular weight excluding hydrogens is 214 g/mol. The predicted molar refractivity (Wildman–Crippen MR) is 67.2 cm³/mol. The predicted octanol–water partition coefficient (Wildman–Crippen LogP) is 2.84. The van der Waals surface area contributed by atoms with Crippen LogP contribution in [0.2, 0.25) is 0 Å². The van der Waals surface area contributed by atoms with Crippen molar-refractivity contribution in [2.45, 2.75) is 20.0 Å². The SMILES string of the molecule is CCOC(C)C(=O)c1cccc2ccncc12. The number of hydrogen-bond acceptors (Lipinski definition) is 3. The third kappa shape index (κ3) is 2.34. The van der Waals surface area contributed by atoms with Gasteiger partial charge in [0.2, 0.25) is 0 Å². The Hall–Kier alpha value is -1.74. The van der Waals surface area contributed by atoms with E-state index in [1.165, 1.54) is 0 Å². The van der Waals surface area contributed by atoms with Crippen LogP contribution in [-0.4, -0.2) is 23.5 Å². The normalized spacial score (nSPS) is 12.6. The van der Waals surface area contributed by atoms with Crippen molar-refractivity contribution in [3.8, 4) is 0 Å². The van der Waals surface area contributed by atoms with Crippen LogP contribution >= 0.6 is 0 Å². The lowest BCUT2D eigenvalue weighted by Gasteiger charge is -2.11. The van der Waals surface area contributed by atoms with Gasteiger partial charge in [-0.15, -0.1) is 0 Å². The van der Waals surface area contributed by atoms with Gasteiger partial charge in [-0.05, 0) is 25.3 Å². The first-order valence-corrected chi connectivity index (χ1v) is 5.72. The van der Waals surface area contributed by atoms with Crippen molar-refractivity contribution < 1.29 is 9.53 Å². The highest BCUT2D eigenvalue weighted by molar-refractivity contribution is 6.09. The smallest absolute Gasteiger partial charge is 0.191 e. The molecule has 0 bridgehead atoms. The van der Waals surface area contributed by atoms with Gasteiger partial charge in [-0.2, -0.15) is 0 Å². The summed E-state index contributed by atoms with van der Waals surface area (Å²) >= 11 is 0. The zero-order valence-electron chi connectivity index (χ0n) is 10.0. The van der Waals surface area contributed by atoms with Crippen LogP contribution in [0.4, 0.5) is 0 Å². The number of fused-ring (bicyclic) bond motifs is 1. The van der Waals surface area contributed by atoms with E-state index in [0.717, 1.165) is 10.8 Å². The van der Waals surface area contributed by atoms with E-state index in [1.54, 1.807) is 19.3 Å². The van der Waals surface area contributed by atoms with Crippen molar-refractivity contribution in [1.82, 2.24) is 4.98 Å². The minimum atomic E-state index is -0.411. The van der Waals surface area contributed by atoms with Crippen molar-refractivity contribution in [2.75, 3.05) is 6.61 Å². The molecule has 0 N–H and O–H groups in total. The first-order chi connectivity index (χ1) is 8.24. The van der Waals surface area contributed by atoms with Gasteiger partial charge < -0.3 is 4.74 Å². The monoisotopic (exact) mass is 229 g/mol. The third-order valence-electron chi connectivity index (χ3n) is 2.73. The molecule has 0 saturated heterocycles. The molecule has 1 unspecified atom stereocenters. The van der Waals surface area contributed by atoms with E-state index in [-0.39, 0.29) is 5.78 Å². The Morgan fingerprint density at radius 2 is 2.24 bits per heavy atom. The van der Waals surface area contributed by atoms with Crippen LogP contribution in [0, 0.1) is 0 Å². The molecular formula is C14H15NO2. The molecule has 2 rings (SSSR count). The molecule has 1 atom stereocenters. The summed E-state index contributed by atoms with van der Waals surface area (Å²) in [5.74, 6) is 0.00505. The fraction of sp³-hybridized carbons (Fsp3) is 0.286. The van der Waals surface area contributed by atoms with E-state index in [1.807, 2.05) is 31.2 Å². The summed E-state index contributed by atoms with van der Waals surface area (Å²) in [5.41, 5.74) is 0.677. The van der Waals surface area contributed by atoms with E-state index in [2.05, 4.69) is 4.98 Å². The lowest BCUT2D eigenvalue weighted by atomic mass is 10.0. The van der Waals surface area contributed by atoms with Crippen molar-refractivity contribution in [3.63, 3.8) is 0 Å². The van der Waals surface area contributed by atoms with Crippen molar-refractivity contribution in [1.29, 1.82) is 0 Å². The zero-order chi connectivity index (χ0) is 12.3. The maximum Gasteiger partial charge on any atom is 0.191 e. The van der Waals surface area contributed by atoms with Crippen molar-refractivity contribution >= 4 is 16.6 Å². The summed E-state index contributed by atoms with van der Waals surface area (Å²) in [6.07, 6.45) is 3.04. The molecule has 0 fully saturated rings. The van der Waals surface area contributed by atoms with E-state index >= 15 is 0 Å². The standard InChI is InChI=1S/C14H15NO2/c1-3-17-10(2)14(16)12-6-4-5-11-7-8-15-9-13(11)12/h4-10H,3H2,1-2H3. The fourth-order valence-corrected chi connectivity index (χ4v) is 1.87. The van der Waals surface area contributed by atoms with E-state index in [9.17, 15) is 4.79 Å². The second-order valence-electron chi connectivity index (χ2n) is 3.86. The summed E-state index contributed by atoms with van der Waals surface area (Å²) in [6.45, 7) is 4.20. The second-order valence-corrected chi connectivity index (χ2v) is 3.86. The maximum absolute atomic E-state index is 12.2. The molecule has 17 heavy (non-hydrogen) atoms. The molecule has 1 aromatic heterocycles. The molecule has 0 saturated carbocycles. The number of nitrogens with zero attached hydrogens (tertiary/aromatic N) is 1. The highest BCUT2D eigenvalue weighted by Gasteiger charge is 2.17. The number of ketones is 1. The quantitative estimate of drug-likeness (QED) is 0.757. The van der Waals surface area contributed by atoms with Gasteiger partial charge >= 0.3 is 0 Å². The van der Waals surface area contributed by atoms with Crippen LogP contribution in [0.15, 0.2) is 36.7 Å². The minimum absolute atomic E-state index is 0.00505. The topological polar surface area (TPSA) is 39.2 Å². The number of pyridine rings is 1. The highest BCUT2D eigenvalue weighted by atomic mass is 16.5. The Bertz CT molecular complexity index is 531. The molecule has 0 amide bonds. The Morgan fingerprint density at radius 1 is 1.41 bits per heavy atom. The van der Waals surface area contributed by atoms with E-state index in [4.69, 9.17) is 4.74 Å². The van der Waals surface area contributed by atoms with Gasteiger partial charge in [0.25, 0.3) is 0 Å². The minimum Gasteiger partial charge on any atom is -0.371 e. The zero-order valence-corrected chi connectivity index (χ0v) is 10.0. The third-order valence-corrected chi connectivity index (χ3v) is 2.73. The summed E-state index contributed by atoms with van der Waals surface area (Å²) in [7, 11) is 0. The molecule has 2 aromatic rings. The Labute approximate surface area is 100 Å². The van der Waals surface area contributed by atoms with Crippen molar-refractivity contribution in [2.24, 2.45) is 0 Å². The van der Waals surface area contributed by atoms with E-state index < -0.39 is 6.10 Å². The van der Waals surface area contributed by atoms with Gasteiger partial charge in [-0.3, -0.25) is 9.78 Å². The number of carbonyl (C=O) groups excluding carboxylic acids is 1. The molecule has 3 nitrogen and oxygen atoms in total. The maximum atomic E-state index is 12.2. The number of aromatic nitrogens is 1. The number of carbonyl (C=O) groups is 1. The number of Topliss-reactive ketones (excluding diaryl/α,β-unsaturated/α-hetero) is 1. The first-order valence-electron chi connectivity index (χ1n) is 5.72. The second kappa shape index (κ2) is 5.06. The van der Waals surface area contributed by atoms with E-state index in [0.29, 0.717) is 12.2 Å². The average molecular weight is 229 g/mol. The van der Waals surface area contributed by atoms with Crippen LogP contribution in [0.5, 0.6) is 0 Å². The number of hydrogen-bond donors (Lipinski definition) is 0. The van der Waals surface area contributed by atoms with Gasteiger partial charge in [0.15, 0.2) is 5.78 Å².